The van der Waals surface area contributed by atoms with E-state index in [0.29, 0.717) is 26.1 Å². The number of hydrogen-bond donors (Lipinski definition) is 1. The molecule has 3 aromatic rings. The van der Waals surface area contributed by atoms with E-state index in [0.717, 1.165) is 43.2 Å². The number of amides is 2. The fourth-order valence-electron chi connectivity index (χ4n) is 4.63. The second-order valence-electron chi connectivity index (χ2n) is 9.74. The van der Waals surface area contributed by atoms with Crippen molar-refractivity contribution in [1.82, 2.24) is 14.8 Å². The fourth-order valence-corrected chi connectivity index (χ4v) is 4.63. The predicted octanol–water partition coefficient (Wildman–Crippen LogP) is 6.73. The van der Waals surface area contributed by atoms with E-state index in [1.165, 1.54) is 30.2 Å². The lowest BCUT2D eigenvalue weighted by Crippen LogP contribution is -2.43. The van der Waals surface area contributed by atoms with Gasteiger partial charge in [0.1, 0.15) is 0 Å². The molecule has 36 heavy (non-hydrogen) atoms. The molecule has 2 amide bonds. The van der Waals surface area contributed by atoms with Gasteiger partial charge in [0.25, 0.3) is 0 Å². The maximum Gasteiger partial charge on any atom is 0.242 e. The zero-order valence-corrected chi connectivity index (χ0v) is 22.2. The fraction of sp³-hybridized carbons (Fsp3) is 0.484. The van der Waals surface area contributed by atoms with E-state index in [2.05, 4.69) is 43.1 Å². The molecule has 0 saturated heterocycles. The molecule has 0 unspecified atom stereocenters. The number of unbranched alkanes of at least 4 members (excludes halogenated alkanes) is 5. The molecule has 2 aromatic carbocycles. The standard InChI is InChI=1S/C31H43N3O2/c1-3-5-7-8-12-19-30(35)33(21-6-4-2)25-31(36)34(24-26-15-10-9-11-16-26)22-20-27-23-32-29-18-14-13-17-28(27)29/h9-11,13-18,23,32H,3-8,12,19-22,24-25H2,1-2H3. The number of nitrogens with zero attached hydrogens (tertiary/aromatic N) is 2. The summed E-state index contributed by atoms with van der Waals surface area (Å²) in [6, 6.07) is 18.4. The van der Waals surface area contributed by atoms with Crippen LogP contribution in [0.2, 0.25) is 0 Å². The molecule has 0 spiro atoms. The maximum absolute atomic E-state index is 13.6. The minimum atomic E-state index is 0.0223. The van der Waals surface area contributed by atoms with Crippen molar-refractivity contribution < 1.29 is 9.59 Å². The van der Waals surface area contributed by atoms with Crippen molar-refractivity contribution in [3.8, 4) is 0 Å². The minimum absolute atomic E-state index is 0.0223. The average molecular weight is 490 g/mol. The number of H-pyrrole nitrogens is 1. The second-order valence-corrected chi connectivity index (χ2v) is 9.74. The number of fused-ring (bicyclic) bond motifs is 1. The van der Waals surface area contributed by atoms with Crippen LogP contribution in [0.25, 0.3) is 10.9 Å². The molecule has 0 aliphatic rings. The molecule has 0 radical (unpaired) electrons. The van der Waals surface area contributed by atoms with E-state index >= 15 is 0 Å². The smallest absolute Gasteiger partial charge is 0.242 e. The van der Waals surface area contributed by atoms with Crippen molar-refractivity contribution in [3.63, 3.8) is 0 Å². The lowest BCUT2D eigenvalue weighted by atomic mass is 10.1. The largest absolute Gasteiger partial charge is 0.361 e. The third-order valence-corrected chi connectivity index (χ3v) is 6.85. The monoisotopic (exact) mass is 489 g/mol. The Labute approximate surface area is 216 Å². The van der Waals surface area contributed by atoms with Crippen LogP contribution >= 0.6 is 0 Å². The number of carbonyl (C=O) groups is 2. The summed E-state index contributed by atoms with van der Waals surface area (Å²) in [4.78, 5) is 33.7. The highest BCUT2D eigenvalue weighted by Gasteiger charge is 2.21. The normalized spacial score (nSPS) is 11.1. The van der Waals surface area contributed by atoms with Crippen LogP contribution in [-0.2, 0) is 22.6 Å². The van der Waals surface area contributed by atoms with Gasteiger partial charge >= 0.3 is 0 Å². The van der Waals surface area contributed by atoms with Crippen molar-refractivity contribution in [3.05, 3.63) is 71.9 Å². The molecule has 5 heteroatoms. The summed E-state index contributed by atoms with van der Waals surface area (Å²) in [5, 5.41) is 1.20. The molecule has 0 aliphatic carbocycles. The zero-order chi connectivity index (χ0) is 25.6. The van der Waals surface area contributed by atoms with E-state index in [1.54, 1.807) is 4.90 Å². The van der Waals surface area contributed by atoms with Crippen molar-refractivity contribution in [1.29, 1.82) is 0 Å². The number of rotatable bonds is 16. The average Bonchev–Trinajstić information content (AvgIpc) is 3.32. The van der Waals surface area contributed by atoms with Gasteiger partial charge in [0.15, 0.2) is 0 Å². The van der Waals surface area contributed by atoms with Gasteiger partial charge in [0.2, 0.25) is 11.8 Å². The van der Waals surface area contributed by atoms with Crippen molar-refractivity contribution in [2.75, 3.05) is 19.6 Å². The maximum atomic E-state index is 13.6. The topological polar surface area (TPSA) is 56.4 Å². The zero-order valence-electron chi connectivity index (χ0n) is 22.2. The molecular formula is C31H43N3O2. The second kappa shape index (κ2) is 15.1. The Kier molecular flexibility index (Phi) is 11.6. The van der Waals surface area contributed by atoms with E-state index in [-0.39, 0.29) is 18.4 Å². The summed E-state index contributed by atoms with van der Waals surface area (Å²) in [5.74, 6) is 0.138. The number of aromatic amines is 1. The summed E-state index contributed by atoms with van der Waals surface area (Å²) < 4.78 is 0. The quantitative estimate of drug-likeness (QED) is 0.227. The van der Waals surface area contributed by atoms with Crippen molar-refractivity contribution in [2.45, 2.75) is 78.2 Å². The van der Waals surface area contributed by atoms with E-state index in [1.807, 2.05) is 41.4 Å². The summed E-state index contributed by atoms with van der Waals surface area (Å²) in [5.41, 5.74) is 3.43. The SMILES string of the molecule is CCCCCCCC(=O)N(CCCC)CC(=O)N(CCc1c[nH]c2ccccc12)Cc1ccccc1. The van der Waals surface area contributed by atoms with Crippen LogP contribution in [0.15, 0.2) is 60.8 Å². The Morgan fingerprint density at radius 1 is 0.750 bits per heavy atom. The van der Waals surface area contributed by atoms with Crippen LogP contribution in [0.5, 0.6) is 0 Å². The molecular weight excluding hydrogens is 446 g/mol. The van der Waals surface area contributed by atoms with Gasteiger partial charge in [-0.15, -0.1) is 0 Å². The van der Waals surface area contributed by atoms with Gasteiger partial charge in [-0.25, -0.2) is 0 Å². The van der Waals surface area contributed by atoms with Crippen LogP contribution < -0.4 is 0 Å². The van der Waals surface area contributed by atoms with Gasteiger partial charge in [-0.2, -0.15) is 0 Å². The number of aromatic nitrogens is 1. The van der Waals surface area contributed by atoms with E-state index in [9.17, 15) is 9.59 Å². The van der Waals surface area contributed by atoms with Gasteiger partial charge in [-0.05, 0) is 36.5 Å². The van der Waals surface area contributed by atoms with Gasteiger partial charge in [-0.1, -0.05) is 94.5 Å². The molecule has 3 rings (SSSR count). The number of benzene rings is 2. The summed E-state index contributed by atoms with van der Waals surface area (Å²) in [7, 11) is 0. The Bertz CT molecular complexity index is 1060. The van der Waals surface area contributed by atoms with Crippen molar-refractivity contribution >= 4 is 22.7 Å². The Morgan fingerprint density at radius 3 is 2.25 bits per heavy atom. The van der Waals surface area contributed by atoms with E-state index < -0.39 is 0 Å². The minimum Gasteiger partial charge on any atom is -0.361 e. The highest BCUT2D eigenvalue weighted by molar-refractivity contribution is 5.85. The third-order valence-electron chi connectivity index (χ3n) is 6.85. The summed E-state index contributed by atoms with van der Waals surface area (Å²) in [6.07, 6.45) is 10.9. The van der Waals surface area contributed by atoms with Gasteiger partial charge < -0.3 is 14.8 Å². The van der Waals surface area contributed by atoms with E-state index in [4.69, 9.17) is 0 Å². The number of hydrogen-bond acceptors (Lipinski definition) is 2. The third kappa shape index (κ3) is 8.54. The van der Waals surface area contributed by atoms with Crippen LogP contribution in [0.4, 0.5) is 0 Å². The molecule has 0 saturated carbocycles. The van der Waals surface area contributed by atoms with Crippen LogP contribution in [-0.4, -0.2) is 46.2 Å². The first-order valence-corrected chi connectivity index (χ1v) is 13.8. The molecule has 5 nitrogen and oxygen atoms in total. The van der Waals surface area contributed by atoms with Crippen LogP contribution in [0.3, 0.4) is 0 Å². The van der Waals surface area contributed by atoms with Gasteiger partial charge in [0.05, 0.1) is 6.54 Å². The highest BCUT2D eigenvalue weighted by Crippen LogP contribution is 2.19. The molecule has 1 aromatic heterocycles. The molecule has 194 valence electrons. The first-order chi connectivity index (χ1) is 17.6. The van der Waals surface area contributed by atoms with Crippen LogP contribution in [0, 0.1) is 0 Å². The molecule has 1 heterocycles. The molecule has 0 fully saturated rings. The lowest BCUT2D eigenvalue weighted by molar-refractivity contribution is -0.141. The summed E-state index contributed by atoms with van der Waals surface area (Å²) in [6.45, 7) is 6.30. The Balaban J connectivity index is 1.67. The number of carbonyl (C=O) groups excluding carboxylic acids is 2. The molecule has 0 bridgehead atoms. The Morgan fingerprint density at radius 2 is 1.47 bits per heavy atom. The van der Waals surface area contributed by atoms with Gasteiger partial charge in [-0.3, -0.25) is 9.59 Å². The first-order valence-electron chi connectivity index (χ1n) is 13.8. The molecule has 0 aliphatic heterocycles. The van der Waals surface area contributed by atoms with Crippen LogP contribution in [0.1, 0.15) is 76.3 Å². The van der Waals surface area contributed by atoms with Crippen molar-refractivity contribution in [2.24, 2.45) is 0 Å². The highest BCUT2D eigenvalue weighted by atomic mass is 16.2. The number of para-hydroxylation sites is 1. The first kappa shape index (κ1) is 27.5. The number of nitrogens with one attached hydrogen (secondary N) is 1. The Hall–Kier alpha value is -3.08. The summed E-state index contributed by atoms with van der Waals surface area (Å²) >= 11 is 0. The molecule has 1 N–H and O–H groups in total. The predicted molar refractivity (Wildman–Crippen MR) is 149 cm³/mol. The lowest BCUT2D eigenvalue weighted by Gasteiger charge is -2.28. The molecule has 0 atom stereocenters. The van der Waals surface area contributed by atoms with Gasteiger partial charge in [0, 0.05) is 43.2 Å².